The molecule has 84 valence electrons. The molecule has 0 saturated carbocycles. The van der Waals surface area contributed by atoms with Crippen molar-refractivity contribution in [3.63, 3.8) is 0 Å². The number of esters is 1. The van der Waals surface area contributed by atoms with Crippen LogP contribution < -0.4 is 5.73 Å². The van der Waals surface area contributed by atoms with Crippen molar-refractivity contribution in [1.82, 2.24) is 0 Å². The van der Waals surface area contributed by atoms with E-state index >= 15 is 0 Å². The van der Waals surface area contributed by atoms with Crippen LogP contribution in [0, 0.1) is 0 Å². The van der Waals surface area contributed by atoms with Gasteiger partial charge in [0.2, 0.25) is 5.76 Å². The first kappa shape index (κ1) is 10.4. The van der Waals surface area contributed by atoms with Gasteiger partial charge >= 0.3 is 5.97 Å². The summed E-state index contributed by atoms with van der Waals surface area (Å²) < 4.78 is 15.0. The Hall–Kier alpha value is -2.17. The molecule has 1 aliphatic heterocycles. The van der Waals surface area contributed by atoms with Gasteiger partial charge in [0.25, 0.3) is 6.29 Å². The lowest BCUT2D eigenvalue weighted by molar-refractivity contribution is -0.142. The molecule has 1 atom stereocenters. The van der Waals surface area contributed by atoms with E-state index in [0.717, 1.165) is 5.56 Å². The molecular formula is C11H11NO4. The zero-order chi connectivity index (χ0) is 11.5. The molecule has 0 spiro atoms. The summed E-state index contributed by atoms with van der Waals surface area (Å²) in [4.78, 5) is 11.1. The summed E-state index contributed by atoms with van der Waals surface area (Å²) in [6.45, 7) is 0. The zero-order valence-electron chi connectivity index (χ0n) is 8.67. The highest BCUT2D eigenvalue weighted by atomic mass is 16.7. The fourth-order valence-corrected chi connectivity index (χ4v) is 1.29. The maximum absolute atomic E-state index is 11.1. The molecule has 1 aromatic carbocycles. The summed E-state index contributed by atoms with van der Waals surface area (Å²) in [6, 6.07) is 7.01. The summed E-state index contributed by atoms with van der Waals surface area (Å²) in [6.07, 6.45) is 0.627. The summed E-state index contributed by atoms with van der Waals surface area (Å²) in [5.41, 5.74) is 6.99. The van der Waals surface area contributed by atoms with Gasteiger partial charge in [0.1, 0.15) is 6.26 Å². The van der Waals surface area contributed by atoms with Crippen LogP contribution in [0.25, 0.3) is 0 Å². The first-order valence-electron chi connectivity index (χ1n) is 4.67. The number of anilines is 1. The van der Waals surface area contributed by atoms with Crippen molar-refractivity contribution in [1.29, 1.82) is 0 Å². The van der Waals surface area contributed by atoms with Crippen LogP contribution in [0.2, 0.25) is 0 Å². The highest BCUT2D eigenvalue weighted by molar-refractivity contribution is 5.86. The van der Waals surface area contributed by atoms with Crippen molar-refractivity contribution in [2.24, 2.45) is 0 Å². The first-order chi connectivity index (χ1) is 7.70. The molecule has 16 heavy (non-hydrogen) atoms. The van der Waals surface area contributed by atoms with Crippen LogP contribution in [-0.4, -0.2) is 13.1 Å². The van der Waals surface area contributed by atoms with Crippen molar-refractivity contribution >= 4 is 11.7 Å². The maximum Gasteiger partial charge on any atom is 0.376 e. The first-order valence-corrected chi connectivity index (χ1v) is 4.67. The quantitative estimate of drug-likeness (QED) is 0.602. The number of carbonyl (C=O) groups is 1. The van der Waals surface area contributed by atoms with Gasteiger partial charge in [-0.2, -0.15) is 0 Å². The predicted molar refractivity (Wildman–Crippen MR) is 55.9 cm³/mol. The monoisotopic (exact) mass is 221 g/mol. The van der Waals surface area contributed by atoms with E-state index in [4.69, 9.17) is 15.2 Å². The van der Waals surface area contributed by atoms with Crippen molar-refractivity contribution in [3.05, 3.63) is 41.9 Å². The second kappa shape index (κ2) is 4.14. The van der Waals surface area contributed by atoms with E-state index in [9.17, 15) is 4.79 Å². The maximum atomic E-state index is 11.1. The highest BCUT2D eigenvalue weighted by Crippen LogP contribution is 2.29. The molecule has 0 aromatic heterocycles. The Morgan fingerprint density at radius 2 is 2.06 bits per heavy atom. The van der Waals surface area contributed by atoms with E-state index in [1.807, 2.05) is 0 Å². The molecule has 0 radical (unpaired) electrons. The summed E-state index contributed by atoms with van der Waals surface area (Å²) in [7, 11) is 1.28. The van der Waals surface area contributed by atoms with Gasteiger partial charge in [-0.05, 0) is 24.3 Å². The summed E-state index contributed by atoms with van der Waals surface area (Å²) in [5.74, 6) is -0.498. The van der Waals surface area contributed by atoms with Crippen LogP contribution in [0.1, 0.15) is 11.9 Å². The average molecular weight is 221 g/mol. The van der Waals surface area contributed by atoms with Crippen LogP contribution in [-0.2, 0) is 19.0 Å². The van der Waals surface area contributed by atoms with Crippen molar-refractivity contribution < 1.29 is 19.0 Å². The number of rotatable bonds is 2. The Balaban J connectivity index is 2.06. The number of nitrogens with two attached hydrogens (primary N) is 1. The fraction of sp³-hybridized carbons (Fsp3) is 0.182. The molecule has 0 saturated heterocycles. The lowest BCUT2D eigenvalue weighted by atomic mass is 10.2. The molecule has 5 heteroatoms. The van der Waals surface area contributed by atoms with Crippen molar-refractivity contribution in [2.45, 2.75) is 6.29 Å². The topological polar surface area (TPSA) is 70.8 Å². The third-order valence-electron chi connectivity index (χ3n) is 2.13. The molecule has 1 aromatic rings. The molecule has 2 rings (SSSR count). The smallest absolute Gasteiger partial charge is 0.376 e. The standard InChI is InChI=1S/C11H11NO4/c1-14-10(13)9-6-15-11(16-9)7-2-4-8(12)5-3-7/h2-6,11H,12H2,1H3. The normalized spacial score (nSPS) is 18.3. The van der Waals surface area contributed by atoms with Crippen LogP contribution in [0.4, 0.5) is 5.69 Å². The van der Waals surface area contributed by atoms with Crippen LogP contribution in [0.3, 0.4) is 0 Å². The Bertz CT molecular complexity index is 424. The van der Waals surface area contributed by atoms with Gasteiger partial charge in [-0.15, -0.1) is 0 Å². The molecule has 0 fully saturated rings. The molecule has 1 aliphatic rings. The Labute approximate surface area is 92.4 Å². The van der Waals surface area contributed by atoms with Crippen LogP contribution in [0.5, 0.6) is 0 Å². The summed E-state index contributed by atoms with van der Waals surface area (Å²) >= 11 is 0. The molecule has 5 nitrogen and oxygen atoms in total. The van der Waals surface area contributed by atoms with Gasteiger partial charge in [-0.3, -0.25) is 0 Å². The minimum Gasteiger partial charge on any atom is -0.463 e. The Kier molecular flexibility index (Phi) is 2.68. The third-order valence-corrected chi connectivity index (χ3v) is 2.13. The van der Waals surface area contributed by atoms with Gasteiger partial charge in [0.05, 0.1) is 7.11 Å². The number of hydrogen-bond donors (Lipinski definition) is 1. The SMILES string of the molecule is COC(=O)C1=COC(c2ccc(N)cc2)O1. The van der Waals surface area contributed by atoms with E-state index in [1.54, 1.807) is 24.3 Å². The zero-order valence-corrected chi connectivity index (χ0v) is 8.67. The molecule has 1 heterocycles. The lowest BCUT2D eigenvalue weighted by Gasteiger charge is -2.11. The van der Waals surface area contributed by atoms with E-state index < -0.39 is 12.3 Å². The highest BCUT2D eigenvalue weighted by Gasteiger charge is 2.26. The minimum absolute atomic E-state index is 0.0596. The number of ether oxygens (including phenoxy) is 3. The second-order valence-corrected chi connectivity index (χ2v) is 3.23. The van der Waals surface area contributed by atoms with Crippen LogP contribution >= 0.6 is 0 Å². The number of hydrogen-bond acceptors (Lipinski definition) is 5. The van der Waals surface area contributed by atoms with E-state index in [0.29, 0.717) is 5.69 Å². The molecule has 0 aliphatic carbocycles. The van der Waals surface area contributed by atoms with Crippen molar-refractivity contribution in [3.8, 4) is 0 Å². The van der Waals surface area contributed by atoms with E-state index in [1.165, 1.54) is 13.4 Å². The average Bonchev–Trinajstić information content (AvgIpc) is 2.78. The molecular weight excluding hydrogens is 210 g/mol. The van der Waals surface area contributed by atoms with Gasteiger partial charge in [0.15, 0.2) is 0 Å². The number of nitrogen functional groups attached to an aromatic ring is 1. The molecule has 1 unspecified atom stereocenters. The predicted octanol–water partition coefficient (Wildman–Crippen LogP) is 1.33. The van der Waals surface area contributed by atoms with Gasteiger partial charge in [-0.1, -0.05) is 0 Å². The minimum atomic E-state index is -0.616. The van der Waals surface area contributed by atoms with Gasteiger partial charge in [0, 0.05) is 11.3 Å². The van der Waals surface area contributed by atoms with Crippen molar-refractivity contribution in [2.75, 3.05) is 12.8 Å². The third kappa shape index (κ3) is 1.93. The Morgan fingerprint density at radius 3 is 2.69 bits per heavy atom. The van der Waals surface area contributed by atoms with Crippen LogP contribution in [0.15, 0.2) is 36.3 Å². The molecule has 2 N–H and O–H groups in total. The largest absolute Gasteiger partial charge is 0.463 e. The number of methoxy groups -OCH3 is 1. The summed E-state index contributed by atoms with van der Waals surface area (Å²) in [5, 5.41) is 0. The van der Waals surface area contributed by atoms with E-state index in [-0.39, 0.29) is 5.76 Å². The second-order valence-electron chi connectivity index (χ2n) is 3.23. The van der Waals surface area contributed by atoms with E-state index in [2.05, 4.69) is 4.74 Å². The Morgan fingerprint density at radius 1 is 1.38 bits per heavy atom. The fourth-order valence-electron chi connectivity index (χ4n) is 1.29. The number of carbonyl (C=O) groups excluding carboxylic acids is 1. The van der Waals surface area contributed by atoms with Gasteiger partial charge in [-0.25, -0.2) is 4.79 Å². The number of benzene rings is 1. The lowest BCUT2D eigenvalue weighted by Crippen LogP contribution is -2.07. The molecule has 0 amide bonds. The van der Waals surface area contributed by atoms with Gasteiger partial charge < -0.3 is 19.9 Å². The molecule has 0 bridgehead atoms.